The van der Waals surface area contributed by atoms with Crippen LogP contribution in [0.15, 0.2) is 36.4 Å². The second-order valence-electron chi connectivity index (χ2n) is 7.69. The maximum absolute atomic E-state index is 12.9. The number of benzene rings is 2. The second kappa shape index (κ2) is 10.0. The van der Waals surface area contributed by atoms with Crippen LogP contribution in [0.5, 0.6) is 5.75 Å². The zero-order chi connectivity index (χ0) is 24.3. The van der Waals surface area contributed by atoms with E-state index in [4.69, 9.17) is 16.3 Å². The number of ether oxygens (including phenoxy) is 1. The maximum Gasteiger partial charge on any atom is 0.416 e. The van der Waals surface area contributed by atoms with Crippen molar-refractivity contribution in [1.82, 2.24) is 0 Å². The number of carboxylic acids is 1. The van der Waals surface area contributed by atoms with Gasteiger partial charge in [-0.05, 0) is 47.7 Å². The normalized spacial score (nSPS) is 13.3. The molecule has 3 nitrogen and oxygen atoms in total. The minimum atomic E-state index is -4.57. The van der Waals surface area contributed by atoms with Gasteiger partial charge in [0.1, 0.15) is 5.75 Å². The molecule has 0 bridgehead atoms. The summed E-state index contributed by atoms with van der Waals surface area (Å²) in [6.07, 6.45) is -10.1. The Morgan fingerprint density at radius 1 is 1.06 bits per heavy atom. The smallest absolute Gasteiger partial charge is 0.416 e. The molecule has 0 aromatic heterocycles. The molecule has 2 aromatic rings. The average Bonchev–Trinajstić information content (AvgIpc) is 2.65. The van der Waals surface area contributed by atoms with Crippen LogP contribution in [0.3, 0.4) is 0 Å². The lowest BCUT2D eigenvalue weighted by Gasteiger charge is -2.20. The van der Waals surface area contributed by atoms with Crippen LogP contribution >= 0.6 is 11.6 Å². The number of carbonyl (C=O) groups is 1. The first-order valence-corrected chi connectivity index (χ1v) is 10.00. The molecule has 2 rings (SSSR count). The quantitative estimate of drug-likeness (QED) is 0.395. The Morgan fingerprint density at radius 3 is 2.12 bits per heavy atom. The zero-order valence-electron chi connectivity index (χ0n) is 17.1. The summed E-state index contributed by atoms with van der Waals surface area (Å²) in [5.41, 5.74) is -0.337. The van der Waals surface area contributed by atoms with E-state index in [-0.39, 0.29) is 39.8 Å². The molecule has 0 spiro atoms. The van der Waals surface area contributed by atoms with Crippen molar-refractivity contribution < 1.29 is 41.0 Å². The third-order valence-corrected chi connectivity index (χ3v) is 4.91. The van der Waals surface area contributed by atoms with Crippen molar-refractivity contribution in [1.29, 1.82) is 0 Å². The van der Waals surface area contributed by atoms with Crippen LogP contribution < -0.4 is 4.74 Å². The minimum absolute atomic E-state index is 0.00658. The summed E-state index contributed by atoms with van der Waals surface area (Å²) in [5.74, 6) is -2.25. The van der Waals surface area contributed by atoms with Gasteiger partial charge in [0.15, 0.2) is 0 Å². The Balaban J connectivity index is 2.57. The van der Waals surface area contributed by atoms with Gasteiger partial charge < -0.3 is 9.84 Å². The number of rotatable bonds is 8. The number of hydrogen-bond acceptors (Lipinski definition) is 2. The molecular formula is C22H21ClF6O3. The van der Waals surface area contributed by atoms with Crippen molar-refractivity contribution >= 4 is 17.6 Å². The molecule has 0 amide bonds. The van der Waals surface area contributed by atoms with Gasteiger partial charge in [-0.3, -0.25) is 4.79 Å². The number of hydrogen-bond donors (Lipinski definition) is 1. The SMILES string of the molecule is CC(C)CC(C(=O)O)c1cc(Cl)c(OCCC(F)(F)F)c(-c2ccc(C(F)(F)F)cc2)c1. The second-order valence-corrected chi connectivity index (χ2v) is 8.10. The molecule has 1 N–H and O–H groups in total. The van der Waals surface area contributed by atoms with Crippen LogP contribution in [0.1, 0.15) is 43.7 Å². The standard InChI is InChI=1S/C22H21ClF6O3/c1-12(2)9-17(20(30)31)14-10-16(13-3-5-15(6-4-13)22(27,28)29)19(18(23)11-14)32-8-7-21(24,25)26/h3-6,10-12,17H,7-9H2,1-2H3,(H,30,31). The summed E-state index contributed by atoms with van der Waals surface area (Å²) in [6.45, 7) is 2.89. The van der Waals surface area contributed by atoms with Crippen molar-refractivity contribution in [2.45, 2.75) is 45.0 Å². The van der Waals surface area contributed by atoms with Crippen molar-refractivity contribution in [3.63, 3.8) is 0 Å². The first-order chi connectivity index (χ1) is 14.7. The average molecular weight is 483 g/mol. The summed E-state index contributed by atoms with van der Waals surface area (Å²) < 4.78 is 81.6. The van der Waals surface area contributed by atoms with E-state index in [1.807, 2.05) is 13.8 Å². The molecule has 2 aromatic carbocycles. The highest BCUT2D eigenvalue weighted by Crippen LogP contribution is 2.41. The summed E-state index contributed by atoms with van der Waals surface area (Å²) >= 11 is 6.24. The zero-order valence-corrected chi connectivity index (χ0v) is 17.9. The fourth-order valence-corrected chi connectivity index (χ4v) is 3.42. The van der Waals surface area contributed by atoms with Crippen LogP contribution in [-0.4, -0.2) is 23.9 Å². The first-order valence-electron chi connectivity index (χ1n) is 9.62. The van der Waals surface area contributed by atoms with Gasteiger partial charge in [-0.1, -0.05) is 37.6 Å². The van der Waals surface area contributed by atoms with E-state index in [1.54, 1.807) is 0 Å². The highest BCUT2D eigenvalue weighted by atomic mass is 35.5. The van der Waals surface area contributed by atoms with Gasteiger partial charge in [-0.15, -0.1) is 0 Å². The van der Waals surface area contributed by atoms with Gasteiger partial charge >= 0.3 is 18.3 Å². The molecule has 1 atom stereocenters. The van der Waals surface area contributed by atoms with Gasteiger partial charge in [-0.2, -0.15) is 26.3 Å². The lowest BCUT2D eigenvalue weighted by atomic mass is 9.88. The molecule has 32 heavy (non-hydrogen) atoms. The summed E-state index contributed by atoms with van der Waals surface area (Å²) in [4.78, 5) is 11.8. The van der Waals surface area contributed by atoms with Crippen LogP contribution in [0.25, 0.3) is 11.1 Å². The summed E-state index contributed by atoms with van der Waals surface area (Å²) in [6, 6.07) is 6.59. The Morgan fingerprint density at radius 2 is 1.66 bits per heavy atom. The Bertz CT molecular complexity index is 936. The highest BCUT2D eigenvalue weighted by molar-refractivity contribution is 6.32. The van der Waals surface area contributed by atoms with Crippen LogP contribution in [-0.2, 0) is 11.0 Å². The number of carboxylic acid groups (broad SMARTS) is 1. The predicted molar refractivity (Wildman–Crippen MR) is 108 cm³/mol. The van der Waals surface area contributed by atoms with Crippen molar-refractivity contribution in [3.05, 3.63) is 52.5 Å². The molecule has 0 saturated heterocycles. The van der Waals surface area contributed by atoms with E-state index < -0.39 is 42.8 Å². The van der Waals surface area contributed by atoms with Crippen molar-refractivity contribution in [3.8, 4) is 16.9 Å². The third-order valence-electron chi connectivity index (χ3n) is 4.63. The monoisotopic (exact) mass is 482 g/mol. The first kappa shape index (κ1) is 25.8. The molecule has 176 valence electrons. The van der Waals surface area contributed by atoms with Gasteiger partial charge in [0.25, 0.3) is 0 Å². The minimum Gasteiger partial charge on any atom is -0.491 e. The number of alkyl halides is 6. The molecule has 10 heteroatoms. The molecular weight excluding hydrogens is 462 g/mol. The third kappa shape index (κ3) is 7.05. The molecule has 0 aliphatic rings. The topological polar surface area (TPSA) is 46.5 Å². The van der Waals surface area contributed by atoms with Gasteiger partial charge in [0.05, 0.1) is 29.5 Å². The molecule has 0 saturated carbocycles. The van der Waals surface area contributed by atoms with Crippen molar-refractivity contribution in [2.75, 3.05) is 6.61 Å². The molecule has 1 unspecified atom stereocenters. The Labute approximate surface area is 186 Å². The van der Waals surface area contributed by atoms with Crippen LogP contribution in [0.4, 0.5) is 26.3 Å². The van der Waals surface area contributed by atoms with Gasteiger partial charge in [-0.25, -0.2) is 0 Å². The summed E-state index contributed by atoms with van der Waals surface area (Å²) in [5, 5.41) is 9.50. The lowest BCUT2D eigenvalue weighted by Crippen LogP contribution is -2.15. The molecule has 0 fully saturated rings. The highest BCUT2D eigenvalue weighted by Gasteiger charge is 2.31. The van der Waals surface area contributed by atoms with Crippen LogP contribution in [0.2, 0.25) is 5.02 Å². The molecule has 0 heterocycles. The summed E-state index contributed by atoms with van der Waals surface area (Å²) in [7, 11) is 0. The predicted octanol–water partition coefficient (Wildman–Crippen LogP) is 7.57. The van der Waals surface area contributed by atoms with Gasteiger partial charge in [0, 0.05) is 5.56 Å². The van der Waals surface area contributed by atoms with E-state index in [1.165, 1.54) is 12.1 Å². The largest absolute Gasteiger partial charge is 0.491 e. The molecule has 0 radical (unpaired) electrons. The van der Waals surface area contributed by atoms with E-state index in [0.29, 0.717) is 0 Å². The van der Waals surface area contributed by atoms with E-state index >= 15 is 0 Å². The Hall–Kier alpha value is -2.42. The number of aliphatic carboxylic acids is 1. The van der Waals surface area contributed by atoms with Gasteiger partial charge in [0.2, 0.25) is 0 Å². The van der Waals surface area contributed by atoms with Crippen molar-refractivity contribution in [2.24, 2.45) is 5.92 Å². The maximum atomic E-state index is 12.9. The molecule has 0 aliphatic carbocycles. The Kier molecular flexibility index (Phi) is 8.09. The number of halogens is 7. The van der Waals surface area contributed by atoms with E-state index in [0.717, 1.165) is 24.3 Å². The fraction of sp³-hybridized carbons (Fsp3) is 0.409. The molecule has 0 aliphatic heterocycles. The van der Waals surface area contributed by atoms with E-state index in [2.05, 4.69) is 0 Å². The fourth-order valence-electron chi connectivity index (χ4n) is 3.14. The lowest BCUT2D eigenvalue weighted by molar-refractivity contribution is -0.140. The van der Waals surface area contributed by atoms with Crippen LogP contribution in [0, 0.1) is 5.92 Å². The van der Waals surface area contributed by atoms with E-state index in [9.17, 15) is 36.2 Å².